The Morgan fingerprint density at radius 1 is 0.917 bits per heavy atom. The molecule has 4 aromatic rings. The van der Waals surface area contributed by atoms with E-state index in [9.17, 15) is 9.59 Å². The third kappa shape index (κ3) is 4.63. The fourth-order valence-electron chi connectivity index (χ4n) is 5.24. The Bertz CT molecular complexity index is 1360. The van der Waals surface area contributed by atoms with Gasteiger partial charge in [-0.05, 0) is 68.7 Å². The van der Waals surface area contributed by atoms with Gasteiger partial charge < -0.3 is 9.80 Å². The first kappa shape index (κ1) is 23.8. The van der Waals surface area contributed by atoms with E-state index in [4.69, 9.17) is 4.98 Å². The molecule has 0 N–H and O–H groups in total. The molecule has 0 aliphatic carbocycles. The molecule has 1 aliphatic rings. The van der Waals surface area contributed by atoms with E-state index >= 15 is 0 Å². The second kappa shape index (κ2) is 10.4. The Morgan fingerprint density at radius 3 is 2.25 bits per heavy atom. The summed E-state index contributed by atoms with van der Waals surface area (Å²) in [4.78, 5) is 35.2. The highest BCUT2D eigenvalue weighted by Gasteiger charge is 2.30. The van der Waals surface area contributed by atoms with Gasteiger partial charge in [-0.25, -0.2) is 4.98 Å². The summed E-state index contributed by atoms with van der Waals surface area (Å²) in [6.07, 6.45) is 2.46. The Labute approximate surface area is 212 Å². The first-order valence-corrected chi connectivity index (χ1v) is 12.8. The van der Waals surface area contributed by atoms with E-state index in [1.165, 1.54) is 0 Å². The number of carbonyl (C=O) groups excluding carboxylic acids is 2. The van der Waals surface area contributed by atoms with Crippen molar-refractivity contribution in [1.82, 2.24) is 19.4 Å². The molecular weight excluding hydrogens is 448 g/mol. The van der Waals surface area contributed by atoms with Gasteiger partial charge in [-0.1, -0.05) is 43.3 Å². The van der Waals surface area contributed by atoms with Gasteiger partial charge in [-0.2, -0.15) is 0 Å². The van der Waals surface area contributed by atoms with Gasteiger partial charge in [0.25, 0.3) is 11.8 Å². The average molecular weight is 481 g/mol. The predicted molar refractivity (Wildman–Crippen MR) is 143 cm³/mol. The van der Waals surface area contributed by atoms with Crippen molar-refractivity contribution < 1.29 is 9.59 Å². The minimum Gasteiger partial charge on any atom is -0.338 e. The molecule has 1 saturated heterocycles. The van der Waals surface area contributed by atoms with E-state index in [2.05, 4.69) is 23.6 Å². The SMILES string of the molecule is CCCN(C(=O)c1ccc2c(c1)nc(C)n2-c1ccccc1)C1CCN(C(=O)c2ccccc2)CC1. The molecule has 1 fully saturated rings. The molecule has 5 rings (SSSR count). The average Bonchev–Trinajstić information content (AvgIpc) is 3.27. The minimum atomic E-state index is 0.0403. The summed E-state index contributed by atoms with van der Waals surface area (Å²) >= 11 is 0. The van der Waals surface area contributed by atoms with Gasteiger partial charge in [0.1, 0.15) is 5.82 Å². The number of benzene rings is 3. The Morgan fingerprint density at radius 2 is 1.58 bits per heavy atom. The number of aryl methyl sites for hydroxylation is 1. The van der Waals surface area contributed by atoms with E-state index in [1.54, 1.807) is 0 Å². The van der Waals surface area contributed by atoms with Crippen molar-refractivity contribution in [2.75, 3.05) is 19.6 Å². The van der Waals surface area contributed by atoms with Crippen molar-refractivity contribution in [3.8, 4) is 5.69 Å². The van der Waals surface area contributed by atoms with Crippen LogP contribution in [-0.2, 0) is 0 Å². The number of nitrogens with zero attached hydrogens (tertiary/aromatic N) is 4. The summed E-state index contributed by atoms with van der Waals surface area (Å²) < 4.78 is 2.12. The molecule has 0 radical (unpaired) electrons. The van der Waals surface area contributed by atoms with Crippen LogP contribution in [0.3, 0.4) is 0 Å². The number of amides is 2. The van der Waals surface area contributed by atoms with Gasteiger partial charge in [0, 0.05) is 42.5 Å². The molecule has 36 heavy (non-hydrogen) atoms. The number of para-hydroxylation sites is 1. The molecule has 2 amide bonds. The number of imidazole rings is 1. The standard InChI is InChI=1S/C30H32N4O2/c1-3-18-33(25-16-19-32(20-17-25)29(35)23-10-6-4-7-11-23)30(36)24-14-15-28-27(21-24)31-22(2)34(28)26-12-8-5-9-13-26/h4-15,21,25H,3,16-20H2,1-2H3. The lowest BCUT2D eigenvalue weighted by Gasteiger charge is -2.38. The molecule has 0 bridgehead atoms. The maximum atomic E-state index is 13.7. The molecule has 1 aliphatic heterocycles. The van der Waals surface area contributed by atoms with E-state index in [1.807, 2.05) is 83.5 Å². The fourth-order valence-corrected chi connectivity index (χ4v) is 5.24. The fraction of sp³-hybridized carbons (Fsp3) is 0.300. The van der Waals surface area contributed by atoms with Gasteiger partial charge in [0.2, 0.25) is 0 Å². The second-order valence-corrected chi connectivity index (χ2v) is 9.42. The lowest BCUT2D eigenvalue weighted by Crippen LogP contribution is -2.49. The number of hydrogen-bond donors (Lipinski definition) is 0. The number of rotatable bonds is 6. The summed E-state index contributed by atoms with van der Waals surface area (Å²) in [7, 11) is 0. The van der Waals surface area contributed by atoms with Gasteiger partial charge in [0.05, 0.1) is 11.0 Å². The zero-order valence-corrected chi connectivity index (χ0v) is 20.9. The lowest BCUT2D eigenvalue weighted by molar-refractivity contribution is 0.0519. The third-order valence-electron chi connectivity index (χ3n) is 7.02. The number of fused-ring (bicyclic) bond motifs is 1. The highest BCUT2D eigenvalue weighted by atomic mass is 16.2. The first-order valence-electron chi connectivity index (χ1n) is 12.8. The largest absolute Gasteiger partial charge is 0.338 e. The van der Waals surface area contributed by atoms with Crippen LogP contribution in [0, 0.1) is 6.92 Å². The topological polar surface area (TPSA) is 58.4 Å². The number of piperidine rings is 1. The van der Waals surface area contributed by atoms with Crippen LogP contribution in [0.4, 0.5) is 0 Å². The first-order chi connectivity index (χ1) is 17.6. The van der Waals surface area contributed by atoms with E-state index in [-0.39, 0.29) is 17.9 Å². The van der Waals surface area contributed by atoms with Crippen molar-refractivity contribution in [2.45, 2.75) is 39.2 Å². The quantitative estimate of drug-likeness (QED) is 0.367. The summed E-state index contributed by atoms with van der Waals surface area (Å²) in [5.41, 5.74) is 4.25. The van der Waals surface area contributed by atoms with Gasteiger partial charge in [0.15, 0.2) is 0 Å². The van der Waals surface area contributed by atoms with E-state index in [0.717, 1.165) is 47.4 Å². The third-order valence-corrected chi connectivity index (χ3v) is 7.02. The molecule has 6 heteroatoms. The van der Waals surface area contributed by atoms with Crippen LogP contribution in [0.1, 0.15) is 52.7 Å². The minimum absolute atomic E-state index is 0.0403. The molecule has 0 spiro atoms. The molecule has 0 saturated carbocycles. The van der Waals surface area contributed by atoms with Crippen molar-refractivity contribution >= 4 is 22.8 Å². The molecule has 6 nitrogen and oxygen atoms in total. The number of hydrogen-bond acceptors (Lipinski definition) is 3. The monoisotopic (exact) mass is 480 g/mol. The van der Waals surface area contributed by atoms with Gasteiger partial charge >= 0.3 is 0 Å². The maximum absolute atomic E-state index is 13.7. The van der Waals surface area contributed by atoms with E-state index in [0.29, 0.717) is 25.2 Å². The van der Waals surface area contributed by atoms with Crippen LogP contribution >= 0.6 is 0 Å². The summed E-state index contributed by atoms with van der Waals surface area (Å²) in [6.45, 7) is 6.10. The normalized spacial score (nSPS) is 14.2. The Balaban J connectivity index is 1.34. The van der Waals surface area contributed by atoms with E-state index < -0.39 is 0 Å². The smallest absolute Gasteiger partial charge is 0.254 e. The van der Waals surface area contributed by atoms with Crippen molar-refractivity contribution in [2.24, 2.45) is 0 Å². The zero-order valence-electron chi connectivity index (χ0n) is 20.9. The molecule has 3 aromatic carbocycles. The Kier molecular flexibility index (Phi) is 6.85. The number of likely N-dealkylation sites (tertiary alicyclic amines) is 1. The van der Waals surface area contributed by atoms with Crippen LogP contribution in [0.5, 0.6) is 0 Å². The maximum Gasteiger partial charge on any atom is 0.254 e. The highest BCUT2D eigenvalue weighted by molar-refractivity contribution is 5.98. The van der Waals surface area contributed by atoms with Crippen LogP contribution in [0.2, 0.25) is 0 Å². The predicted octanol–water partition coefficient (Wildman–Crippen LogP) is 5.49. The van der Waals surface area contributed by atoms with Gasteiger partial charge in [-0.3, -0.25) is 14.2 Å². The van der Waals surface area contributed by atoms with Crippen molar-refractivity contribution in [1.29, 1.82) is 0 Å². The number of carbonyl (C=O) groups is 2. The molecule has 184 valence electrons. The molecular formula is C30H32N4O2. The molecule has 0 atom stereocenters. The molecule has 2 heterocycles. The summed E-state index contributed by atoms with van der Waals surface area (Å²) in [6, 6.07) is 25.5. The summed E-state index contributed by atoms with van der Waals surface area (Å²) in [5.74, 6) is 0.998. The van der Waals surface area contributed by atoms with Crippen LogP contribution < -0.4 is 0 Å². The Hall–Kier alpha value is -3.93. The van der Waals surface area contributed by atoms with Crippen LogP contribution in [0.15, 0.2) is 78.9 Å². The lowest BCUT2D eigenvalue weighted by atomic mass is 10.0. The van der Waals surface area contributed by atoms with Gasteiger partial charge in [-0.15, -0.1) is 0 Å². The highest BCUT2D eigenvalue weighted by Crippen LogP contribution is 2.25. The van der Waals surface area contributed by atoms with Crippen LogP contribution in [-0.4, -0.2) is 56.8 Å². The number of aromatic nitrogens is 2. The van der Waals surface area contributed by atoms with Crippen molar-refractivity contribution in [3.05, 3.63) is 95.8 Å². The zero-order chi connectivity index (χ0) is 25.1. The molecule has 0 unspecified atom stereocenters. The summed E-state index contributed by atoms with van der Waals surface area (Å²) in [5, 5.41) is 0. The van der Waals surface area contributed by atoms with Crippen molar-refractivity contribution in [3.63, 3.8) is 0 Å². The molecule has 1 aromatic heterocycles. The second-order valence-electron chi connectivity index (χ2n) is 9.42. The van der Waals surface area contributed by atoms with Crippen LogP contribution in [0.25, 0.3) is 16.7 Å².